The van der Waals surface area contributed by atoms with Crippen LogP contribution in [0, 0.1) is 0 Å². The van der Waals surface area contributed by atoms with E-state index in [0.717, 1.165) is 12.1 Å². The molecule has 0 unspecified atom stereocenters. The summed E-state index contributed by atoms with van der Waals surface area (Å²) in [6.45, 7) is 2.26. The third kappa shape index (κ3) is 2.31. The number of nitrogen functional groups attached to an aromatic ring is 1. The van der Waals surface area contributed by atoms with Crippen LogP contribution >= 0.6 is 0 Å². The van der Waals surface area contributed by atoms with Gasteiger partial charge in [0, 0.05) is 11.1 Å². The second-order valence-corrected chi connectivity index (χ2v) is 6.62. The van der Waals surface area contributed by atoms with E-state index in [1.54, 1.807) is 0 Å². The van der Waals surface area contributed by atoms with E-state index in [1.165, 1.54) is 63.6 Å². The van der Waals surface area contributed by atoms with Crippen LogP contribution in [0.3, 0.4) is 0 Å². The van der Waals surface area contributed by atoms with Crippen LogP contribution in [-0.2, 0) is 6.42 Å². The van der Waals surface area contributed by atoms with Gasteiger partial charge in [-0.05, 0) is 57.5 Å². The lowest BCUT2D eigenvalue weighted by molar-refractivity contribution is 0.668. The minimum Gasteiger partial charge on any atom is -0.398 e. The number of aryl methyl sites for hydroxylation is 1. The molecule has 4 rings (SSSR count). The Kier molecular flexibility index (Phi) is 3.57. The standard InChI is InChI=1S/C22H23N/c1-2-3-4-5-7-17-14-19-20(23)13-12-16-11-10-15-8-6-9-18(17)21(15)22(16)19/h6,8-14H,2-5,7,23H2,1H3. The fourth-order valence-corrected chi connectivity index (χ4v) is 3.86. The summed E-state index contributed by atoms with van der Waals surface area (Å²) in [5, 5.41) is 7.95. The molecule has 0 spiro atoms. The van der Waals surface area contributed by atoms with Crippen LogP contribution in [-0.4, -0.2) is 0 Å². The van der Waals surface area contributed by atoms with E-state index in [9.17, 15) is 0 Å². The quantitative estimate of drug-likeness (QED) is 0.262. The Hall–Kier alpha value is -2.28. The molecule has 0 amide bonds. The molecule has 4 aromatic carbocycles. The van der Waals surface area contributed by atoms with Crippen LogP contribution < -0.4 is 5.73 Å². The van der Waals surface area contributed by atoms with E-state index < -0.39 is 0 Å². The molecule has 116 valence electrons. The molecule has 0 bridgehead atoms. The van der Waals surface area contributed by atoms with Crippen molar-refractivity contribution in [3.63, 3.8) is 0 Å². The van der Waals surface area contributed by atoms with E-state index in [0.29, 0.717) is 0 Å². The lowest BCUT2D eigenvalue weighted by Gasteiger charge is -2.16. The van der Waals surface area contributed by atoms with E-state index >= 15 is 0 Å². The Morgan fingerprint density at radius 1 is 0.783 bits per heavy atom. The molecule has 23 heavy (non-hydrogen) atoms. The van der Waals surface area contributed by atoms with Gasteiger partial charge in [-0.15, -0.1) is 0 Å². The van der Waals surface area contributed by atoms with E-state index in [1.807, 2.05) is 6.07 Å². The van der Waals surface area contributed by atoms with Crippen molar-refractivity contribution in [1.29, 1.82) is 0 Å². The summed E-state index contributed by atoms with van der Waals surface area (Å²) >= 11 is 0. The van der Waals surface area contributed by atoms with Crippen LogP contribution in [0.25, 0.3) is 32.3 Å². The molecule has 2 N–H and O–H groups in total. The molecule has 0 saturated carbocycles. The van der Waals surface area contributed by atoms with Gasteiger partial charge in [-0.1, -0.05) is 62.6 Å². The summed E-state index contributed by atoms with van der Waals surface area (Å²) in [5.41, 5.74) is 8.65. The summed E-state index contributed by atoms with van der Waals surface area (Å²) in [4.78, 5) is 0. The molecule has 0 aromatic heterocycles. The highest BCUT2D eigenvalue weighted by Crippen LogP contribution is 2.39. The summed E-state index contributed by atoms with van der Waals surface area (Å²) in [5.74, 6) is 0. The van der Waals surface area contributed by atoms with Crippen molar-refractivity contribution in [2.45, 2.75) is 39.0 Å². The monoisotopic (exact) mass is 301 g/mol. The van der Waals surface area contributed by atoms with Crippen molar-refractivity contribution in [2.24, 2.45) is 0 Å². The zero-order valence-electron chi connectivity index (χ0n) is 13.7. The highest BCUT2D eigenvalue weighted by molar-refractivity contribution is 6.25. The Morgan fingerprint density at radius 3 is 2.35 bits per heavy atom. The molecule has 0 aliphatic rings. The topological polar surface area (TPSA) is 26.0 Å². The van der Waals surface area contributed by atoms with Crippen LogP contribution in [0.2, 0.25) is 0 Å². The average molecular weight is 301 g/mol. The normalized spacial score (nSPS) is 11.9. The van der Waals surface area contributed by atoms with Gasteiger partial charge >= 0.3 is 0 Å². The Labute approximate surface area is 137 Å². The molecule has 1 heteroatoms. The third-order valence-corrected chi connectivity index (χ3v) is 5.06. The molecule has 0 saturated heterocycles. The van der Waals surface area contributed by atoms with Crippen molar-refractivity contribution in [2.75, 3.05) is 5.73 Å². The number of hydrogen-bond donors (Lipinski definition) is 1. The second-order valence-electron chi connectivity index (χ2n) is 6.62. The average Bonchev–Trinajstić information content (AvgIpc) is 2.59. The molecule has 0 fully saturated rings. The number of nitrogens with two attached hydrogens (primary N) is 1. The Balaban J connectivity index is 1.97. The molecular formula is C22H23N. The maximum absolute atomic E-state index is 6.31. The van der Waals surface area contributed by atoms with Gasteiger partial charge in [0.2, 0.25) is 0 Å². The molecule has 0 aliphatic heterocycles. The van der Waals surface area contributed by atoms with E-state index in [4.69, 9.17) is 5.73 Å². The first-order chi connectivity index (χ1) is 11.3. The predicted octanol–water partition coefficient (Wildman–Crippen LogP) is 6.29. The first-order valence-electron chi connectivity index (χ1n) is 8.74. The van der Waals surface area contributed by atoms with Crippen molar-refractivity contribution in [1.82, 2.24) is 0 Å². The zero-order chi connectivity index (χ0) is 15.8. The van der Waals surface area contributed by atoms with E-state index in [-0.39, 0.29) is 0 Å². The predicted molar refractivity (Wildman–Crippen MR) is 102 cm³/mol. The zero-order valence-corrected chi connectivity index (χ0v) is 13.7. The van der Waals surface area contributed by atoms with Crippen molar-refractivity contribution in [3.8, 4) is 0 Å². The second kappa shape index (κ2) is 5.73. The summed E-state index contributed by atoms with van der Waals surface area (Å²) < 4.78 is 0. The summed E-state index contributed by atoms with van der Waals surface area (Å²) in [6.07, 6.45) is 6.32. The number of hydrogen-bond acceptors (Lipinski definition) is 1. The van der Waals surface area contributed by atoms with E-state index in [2.05, 4.69) is 49.4 Å². The van der Waals surface area contributed by atoms with Crippen molar-refractivity contribution >= 4 is 38.0 Å². The molecular weight excluding hydrogens is 278 g/mol. The van der Waals surface area contributed by atoms with Gasteiger partial charge in [0.05, 0.1) is 0 Å². The molecule has 1 nitrogen and oxygen atoms in total. The van der Waals surface area contributed by atoms with Gasteiger partial charge in [-0.25, -0.2) is 0 Å². The highest BCUT2D eigenvalue weighted by Gasteiger charge is 2.13. The van der Waals surface area contributed by atoms with Crippen LogP contribution in [0.5, 0.6) is 0 Å². The fraction of sp³-hybridized carbons (Fsp3) is 0.273. The van der Waals surface area contributed by atoms with Crippen LogP contribution in [0.15, 0.2) is 48.5 Å². The first-order valence-corrected chi connectivity index (χ1v) is 8.74. The smallest absolute Gasteiger partial charge is 0.0394 e. The number of anilines is 1. The highest BCUT2D eigenvalue weighted by atomic mass is 14.5. The van der Waals surface area contributed by atoms with Gasteiger partial charge in [0.15, 0.2) is 0 Å². The lowest BCUT2D eigenvalue weighted by Crippen LogP contribution is -1.95. The van der Waals surface area contributed by atoms with Gasteiger partial charge in [-0.3, -0.25) is 0 Å². The molecule has 0 heterocycles. The summed E-state index contributed by atoms with van der Waals surface area (Å²) in [7, 11) is 0. The van der Waals surface area contributed by atoms with Crippen LogP contribution in [0.1, 0.15) is 38.2 Å². The summed E-state index contributed by atoms with van der Waals surface area (Å²) in [6, 6.07) is 17.6. The van der Waals surface area contributed by atoms with Gasteiger partial charge in [0.25, 0.3) is 0 Å². The van der Waals surface area contributed by atoms with Gasteiger partial charge in [-0.2, -0.15) is 0 Å². The van der Waals surface area contributed by atoms with Gasteiger partial charge in [0.1, 0.15) is 0 Å². The lowest BCUT2D eigenvalue weighted by atomic mass is 9.89. The van der Waals surface area contributed by atoms with Crippen molar-refractivity contribution < 1.29 is 0 Å². The first kappa shape index (κ1) is 14.3. The Morgan fingerprint density at radius 2 is 1.52 bits per heavy atom. The Bertz CT molecular complexity index is 968. The number of unbranched alkanes of at least 4 members (excludes halogenated alkanes) is 3. The maximum atomic E-state index is 6.31. The minimum atomic E-state index is 0.894. The minimum absolute atomic E-state index is 0.894. The SMILES string of the molecule is CCCCCCc1cc2c(N)ccc3ccc4cccc1c4c32. The molecule has 0 radical (unpaired) electrons. The molecule has 0 aliphatic carbocycles. The third-order valence-electron chi connectivity index (χ3n) is 5.06. The fourth-order valence-electron chi connectivity index (χ4n) is 3.86. The molecule has 4 aromatic rings. The number of benzene rings is 4. The number of rotatable bonds is 5. The van der Waals surface area contributed by atoms with Crippen molar-refractivity contribution in [3.05, 3.63) is 54.1 Å². The van der Waals surface area contributed by atoms with Crippen LogP contribution in [0.4, 0.5) is 5.69 Å². The maximum Gasteiger partial charge on any atom is 0.0394 e. The molecule has 0 atom stereocenters. The van der Waals surface area contributed by atoms with Gasteiger partial charge < -0.3 is 5.73 Å². The largest absolute Gasteiger partial charge is 0.398 e.